The van der Waals surface area contributed by atoms with Crippen LogP contribution >= 0.6 is 23.1 Å². The largest absolute Gasteiger partial charge is 0.370 e. The second-order valence-electron chi connectivity index (χ2n) is 4.38. The van der Waals surface area contributed by atoms with E-state index in [1.165, 1.54) is 0 Å². The Bertz CT molecular complexity index is 385. The summed E-state index contributed by atoms with van der Waals surface area (Å²) in [5, 5.41) is 3.12. The van der Waals surface area contributed by atoms with E-state index in [9.17, 15) is 0 Å². The molecule has 1 aliphatic rings. The van der Waals surface area contributed by atoms with Crippen LogP contribution in [-0.4, -0.2) is 60.6 Å². The van der Waals surface area contributed by atoms with Crippen LogP contribution in [0.2, 0.25) is 0 Å². The van der Waals surface area contributed by atoms with E-state index >= 15 is 0 Å². The molecule has 106 valence electrons. The highest BCUT2D eigenvalue weighted by Crippen LogP contribution is 2.18. The number of piperazine rings is 1. The lowest BCUT2D eigenvalue weighted by Gasteiger charge is -2.35. The van der Waals surface area contributed by atoms with E-state index in [1.807, 2.05) is 23.3 Å². The molecule has 0 amide bonds. The Labute approximate surface area is 122 Å². The van der Waals surface area contributed by atoms with Gasteiger partial charge in [-0.1, -0.05) is 0 Å². The third kappa shape index (κ3) is 4.28. The fourth-order valence-electron chi connectivity index (χ4n) is 2.00. The highest BCUT2D eigenvalue weighted by Gasteiger charge is 2.19. The number of guanidine groups is 1. The average Bonchev–Trinajstić information content (AvgIpc) is 2.98. The molecular formula is C12H21N5S2. The number of thioether (sulfide) groups is 1. The smallest absolute Gasteiger partial charge is 0.191 e. The first-order valence-electron chi connectivity index (χ1n) is 6.49. The summed E-state index contributed by atoms with van der Waals surface area (Å²) in [6, 6.07) is 0. The minimum Gasteiger partial charge on any atom is -0.370 e. The highest BCUT2D eigenvalue weighted by atomic mass is 32.2. The fourth-order valence-corrected chi connectivity index (χ4v) is 3.12. The summed E-state index contributed by atoms with van der Waals surface area (Å²) in [6.45, 7) is 4.62. The van der Waals surface area contributed by atoms with E-state index in [4.69, 9.17) is 5.73 Å². The molecule has 19 heavy (non-hydrogen) atoms. The molecular weight excluding hydrogens is 278 g/mol. The molecule has 2 heterocycles. The Morgan fingerprint density at radius 2 is 2.26 bits per heavy atom. The van der Waals surface area contributed by atoms with Gasteiger partial charge in [0.05, 0.1) is 0 Å². The van der Waals surface area contributed by atoms with Crippen LogP contribution in [0, 0.1) is 0 Å². The normalized spacial score (nSPS) is 17.0. The van der Waals surface area contributed by atoms with Crippen molar-refractivity contribution in [1.82, 2.24) is 9.88 Å². The third-order valence-electron chi connectivity index (χ3n) is 3.07. The first kappa shape index (κ1) is 14.5. The predicted octanol–water partition coefficient (Wildman–Crippen LogP) is 1.33. The van der Waals surface area contributed by atoms with E-state index in [-0.39, 0.29) is 0 Å². The molecule has 0 aliphatic carbocycles. The van der Waals surface area contributed by atoms with Crippen molar-refractivity contribution in [3.8, 4) is 0 Å². The predicted molar refractivity (Wildman–Crippen MR) is 85.4 cm³/mol. The molecule has 0 aromatic carbocycles. The summed E-state index contributed by atoms with van der Waals surface area (Å²) >= 11 is 3.54. The van der Waals surface area contributed by atoms with E-state index in [0.717, 1.165) is 50.0 Å². The molecule has 0 spiro atoms. The van der Waals surface area contributed by atoms with Crippen LogP contribution < -0.4 is 10.6 Å². The summed E-state index contributed by atoms with van der Waals surface area (Å²) in [5.74, 6) is 1.84. The van der Waals surface area contributed by atoms with E-state index in [0.29, 0.717) is 5.96 Å². The zero-order valence-electron chi connectivity index (χ0n) is 11.3. The summed E-state index contributed by atoms with van der Waals surface area (Å²) in [5.41, 5.74) is 6.03. The lowest BCUT2D eigenvalue weighted by Crippen LogP contribution is -2.51. The third-order valence-corrected chi connectivity index (χ3v) is 4.60. The number of rotatable bonds is 5. The van der Waals surface area contributed by atoms with E-state index in [2.05, 4.69) is 26.0 Å². The Morgan fingerprint density at radius 3 is 2.89 bits per heavy atom. The minimum atomic E-state index is 0.694. The van der Waals surface area contributed by atoms with E-state index < -0.39 is 0 Å². The molecule has 5 nitrogen and oxygen atoms in total. The minimum absolute atomic E-state index is 0.694. The van der Waals surface area contributed by atoms with E-state index in [1.54, 1.807) is 11.3 Å². The van der Waals surface area contributed by atoms with Gasteiger partial charge in [-0.05, 0) is 18.4 Å². The number of thiazole rings is 1. The SMILES string of the molecule is CSCCCN=C(N)N1CCN(c2nccs2)CC1. The van der Waals surface area contributed by atoms with Gasteiger partial charge in [0.2, 0.25) is 0 Å². The number of hydrogen-bond acceptors (Lipinski definition) is 5. The topological polar surface area (TPSA) is 57.8 Å². The van der Waals surface area contributed by atoms with Crippen molar-refractivity contribution >= 4 is 34.2 Å². The summed E-state index contributed by atoms with van der Waals surface area (Å²) in [4.78, 5) is 13.3. The van der Waals surface area contributed by atoms with Gasteiger partial charge >= 0.3 is 0 Å². The number of aromatic nitrogens is 1. The molecule has 0 radical (unpaired) electrons. The number of aliphatic imine (C=N–C) groups is 1. The first-order chi connectivity index (χ1) is 9.31. The second kappa shape index (κ2) is 7.59. The highest BCUT2D eigenvalue weighted by molar-refractivity contribution is 7.98. The lowest BCUT2D eigenvalue weighted by atomic mass is 10.3. The molecule has 1 aliphatic heterocycles. The average molecular weight is 299 g/mol. The second-order valence-corrected chi connectivity index (χ2v) is 6.23. The van der Waals surface area contributed by atoms with Gasteiger partial charge in [-0.15, -0.1) is 11.3 Å². The molecule has 0 saturated carbocycles. The number of anilines is 1. The van der Waals surface area contributed by atoms with Crippen LogP contribution in [0.5, 0.6) is 0 Å². The van der Waals surface area contributed by atoms with Gasteiger partial charge in [0.25, 0.3) is 0 Å². The van der Waals surface area contributed by atoms with Gasteiger partial charge in [0.1, 0.15) is 0 Å². The van der Waals surface area contributed by atoms with Crippen molar-refractivity contribution < 1.29 is 0 Å². The van der Waals surface area contributed by atoms with Gasteiger partial charge < -0.3 is 15.5 Å². The molecule has 0 bridgehead atoms. The molecule has 1 saturated heterocycles. The van der Waals surface area contributed by atoms with Gasteiger partial charge in [-0.2, -0.15) is 11.8 Å². The van der Waals surface area contributed by atoms with Crippen molar-refractivity contribution in [1.29, 1.82) is 0 Å². The Morgan fingerprint density at radius 1 is 1.47 bits per heavy atom. The number of nitrogens with zero attached hydrogens (tertiary/aromatic N) is 4. The van der Waals surface area contributed by atoms with Crippen LogP contribution in [-0.2, 0) is 0 Å². The number of nitrogens with two attached hydrogens (primary N) is 1. The molecule has 1 fully saturated rings. The first-order valence-corrected chi connectivity index (χ1v) is 8.77. The summed E-state index contributed by atoms with van der Waals surface area (Å²) < 4.78 is 0. The van der Waals surface area contributed by atoms with Crippen LogP contribution in [0.15, 0.2) is 16.6 Å². The molecule has 0 atom stereocenters. The van der Waals surface area contributed by atoms with Gasteiger partial charge in [0, 0.05) is 44.3 Å². The zero-order chi connectivity index (χ0) is 13.5. The maximum absolute atomic E-state index is 6.03. The maximum Gasteiger partial charge on any atom is 0.191 e. The quantitative estimate of drug-likeness (QED) is 0.505. The standard InChI is InChI=1S/C12H21N5S2/c1-18-9-2-3-14-11(13)16-5-7-17(8-6-16)12-15-4-10-19-12/h4,10H,2-3,5-9H2,1H3,(H2,13,14). The fraction of sp³-hybridized carbons (Fsp3) is 0.667. The Hall–Kier alpha value is -0.950. The molecule has 1 aromatic heterocycles. The molecule has 0 unspecified atom stereocenters. The molecule has 2 N–H and O–H groups in total. The molecule has 7 heteroatoms. The van der Waals surface area contributed by atoms with Crippen molar-refractivity contribution in [2.24, 2.45) is 10.7 Å². The number of hydrogen-bond donors (Lipinski definition) is 1. The van der Waals surface area contributed by atoms with Crippen LogP contribution in [0.25, 0.3) is 0 Å². The molecule has 1 aromatic rings. The van der Waals surface area contributed by atoms with Gasteiger partial charge in [-0.3, -0.25) is 4.99 Å². The monoisotopic (exact) mass is 299 g/mol. The summed E-state index contributed by atoms with van der Waals surface area (Å²) in [7, 11) is 0. The lowest BCUT2D eigenvalue weighted by molar-refractivity contribution is 0.380. The van der Waals surface area contributed by atoms with Crippen molar-refractivity contribution in [3.63, 3.8) is 0 Å². The van der Waals surface area contributed by atoms with Crippen molar-refractivity contribution in [2.45, 2.75) is 6.42 Å². The van der Waals surface area contributed by atoms with Crippen LogP contribution in [0.3, 0.4) is 0 Å². The van der Waals surface area contributed by atoms with Gasteiger partial charge in [0.15, 0.2) is 11.1 Å². The Balaban J connectivity index is 1.76. The van der Waals surface area contributed by atoms with Crippen LogP contribution in [0.4, 0.5) is 5.13 Å². The Kier molecular flexibility index (Phi) is 5.78. The maximum atomic E-state index is 6.03. The van der Waals surface area contributed by atoms with Crippen molar-refractivity contribution in [3.05, 3.63) is 11.6 Å². The summed E-state index contributed by atoms with van der Waals surface area (Å²) in [6.07, 6.45) is 5.07. The van der Waals surface area contributed by atoms with Gasteiger partial charge in [-0.25, -0.2) is 4.98 Å². The van der Waals surface area contributed by atoms with Crippen LogP contribution in [0.1, 0.15) is 6.42 Å². The van der Waals surface area contributed by atoms with Crippen molar-refractivity contribution in [2.75, 3.05) is 49.6 Å². The molecule has 2 rings (SSSR count). The zero-order valence-corrected chi connectivity index (χ0v) is 12.9.